The summed E-state index contributed by atoms with van der Waals surface area (Å²) in [6.45, 7) is -0.700. The molecule has 0 unspecified atom stereocenters. The predicted molar refractivity (Wildman–Crippen MR) is 86.6 cm³/mol. The molecule has 4 N–H and O–H groups in total. The number of aliphatic hydroxyl groups is 4. The molecule has 0 aliphatic carbocycles. The lowest BCUT2D eigenvalue weighted by atomic mass is 10.1. The van der Waals surface area contributed by atoms with Gasteiger partial charge in [-0.3, -0.25) is 0 Å². The predicted octanol–water partition coefficient (Wildman–Crippen LogP) is -1.09. The van der Waals surface area contributed by atoms with E-state index in [1.807, 2.05) is 35.9 Å². The summed E-state index contributed by atoms with van der Waals surface area (Å²) in [6.07, 6.45) is -4.74. The van der Waals surface area contributed by atoms with Gasteiger partial charge in [0.2, 0.25) is 0 Å². The van der Waals surface area contributed by atoms with E-state index in [4.69, 9.17) is 5.11 Å². The average Bonchev–Trinajstić information content (AvgIpc) is 3.18. The van der Waals surface area contributed by atoms with Crippen molar-refractivity contribution in [3.63, 3.8) is 0 Å². The molecule has 0 amide bonds. The van der Waals surface area contributed by atoms with Gasteiger partial charge < -0.3 is 25.0 Å². The van der Waals surface area contributed by atoms with Gasteiger partial charge in [0.1, 0.15) is 23.8 Å². The number of aryl methyl sites for hydroxylation is 1. The van der Waals surface area contributed by atoms with Crippen molar-refractivity contribution < 1.29 is 20.4 Å². The van der Waals surface area contributed by atoms with Crippen LogP contribution in [0.25, 0.3) is 27.8 Å². The molecule has 0 spiro atoms. The first-order valence-corrected chi connectivity index (χ1v) is 7.64. The third kappa shape index (κ3) is 2.27. The number of para-hydroxylation sites is 1. The minimum atomic E-state index is -1.64. The molecule has 10 heteroatoms. The summed E-state index contributed by atoms with van der Waals surface area (Å²) < 4.78 is 3.11. The third-order valence-corrected chi connectivity index (χ3v) is 4.27. The highest BCUT2D eigenvalue weighted by molar-refractivity contribution is 6.04. The second kappa shape index (κ2) is 5.70. The van der Waals surface area contributed by atoms with E-state index >= 15 is 0 Å². The number of benzene rings is 1. The highest BCUT2D eigenvalue weighted by Gasteiger charge is 2.30. The van der Waals surface area contributed by atoms with Gasteiger partial charge in [-0.25, -0.2) is 0 Å². The van der Waals surface area contributed by atoms with E-state index in [0.29, 0.717) is 11.2 Å². The molecule has 0 aliphatic rings. The normalized spacial score (nSPS) is 15.9. The van der Waals surface area contributed by atoms with E-state index in [1.165, 1.54) is 4.52 Å². The van der Waals surface area contributed by atoms with Crippen molar-refractivity contribution in [2.45, 2.75) is 18.3 Å². The Labute approximate surface area is 140 Å². The maximum atomic E-state index is 10.3. The fourth-order valence-electron chi connectivity index (χ4n) is 2.89. The number of hydrogen-bond acceptors (Lipinski definition) is 8. The van der Waals surface area contributed by atoms with Crippen LogP contribution in [0.1, 0.15) is 11.9 Å². The lowest BCUT2D eigenvalue weighted by Gasteiger charge is -2.19. The summed E-state index contributed by atoms with van der Waals surface area (Å²) in [5.41, 5.74) is 2.14. The third-order valence-electron chi connectivity index (χ3n) is 4.27. The first-order chi connectivity index (χ1) is 12.0. The monoisotopic (exact) mass is 344 g/mol. The Hall–Kier alpha value is -2.66. The van der Waals surface area contributed by atoms with Crippen molar-refractivity contribution in [2.75, 3.05) is 6.61 Å². The van der Waals surface area contributed by atoms with Crippen LogP contribution in [-0.2, 0) is 7.05 Å². The molecule has 3 atom stereocenters. The number of aliphatic hydroxyl groups excluding tert-OH is 4. The smallest absolute Gasteiger partial charge is 0.274 e. The van der Waals surface area contributed by atoms with Crippen molar-refractivity contribution in [3.05, 3.63) is 30.1 Å². The highest BCUT2D eigenvalue weighted by Crippen LogP contribution is 2.26. The Bertz CT molecular complexity index is 1070. The van der Waals surface area contributed by atoms with Gasteiger partial charge in [-0.05, 0) is 6.07 Å². The van der Waals surface area contributed by atoms with Gasteiger partial charge in [-0.15, -0.1) is 10.2 Å². The summed E-state index contributed by atoms with van der Waals surface area (Å²) in [5, 5.41) is 51.7. The molecule has 0 aliphatic heterocycles. The number of nitrogens with zero attached hydrogens (tertiary/aromatic N) is 6. The summed E-state index contributed by atoms with van der Waals surface area (Å²) in [7, 11) is 1.86. The molecule has 1 aromatic carbocycles. The molecule has 25 heavy (non-hydrogen) atoms. The average molecular weight is 344 g/mol. The van der Waals surface area contributed by atoms with Gasteiger partial charge in [0.05, 0.1) is 12.1 Å². The van der Waals surface area contributed by atoms with Crippen molar-refractivity contribution in [2.24, 2.45) is 7.05 Å². The van der Waals surface area contributed by atoms with E-state index in [9.17, 15) is 15.3 Å². The molecule has 0 bridgehead atoms. The van der Waals surface area contributed by atoms with E-state index < -0.39 is 24.9 Å². The zero-order chi connectivity index (χ0) is 17.7. The van der Waals surface area contributed by atoms with Crippen LogP contribution in [0.2, 0.25) is 0 Å². The van der Waals surface area contributed by atoms with Crippen LogP contribution in [0.5, 0.6) is 0 Å². The fraction of sp³-hybridized carbons (Fsp3) is 0.333. The number of rotatable bonds is 4. The number of aromatic nitrogens is 6. The molecule has 4 aromatic rings. The van der Waals surface area contributed by atoms with Crippen LogP contribution in [0, 0.1) is 0 Å². The van der Waals surface area contributed by atoms with E-state index in [0.717, 1.165) is 10.9 Å². The summed E-state index contributed by atoms with van der Waals surface area (Å²) in [6, 6.07) is 7.65. The van der Waals surface area contributed by atoms with E-state index in [1.54, 1.807) is 0 Å². The minimum absolute atomic E-state index is 0.0719. The fourth-order valence-corrected chi connectivity index (χ4v) is 2.89. The Balaban J connectivity index is 1.94. The Morgan fingerprint density at radius 2 is 1.88 bits per heavy atom. The quantitative estimate of drug-likeness (QED) is 0.366. The lowest BCUT2D eigenvalue weighted by Crippen LogP contribution is -2.35. The summed E-state index contributed by atoms with van der Waals surface area (Å²) >= 11 is 0. The van der Waals surface area contributed by atoms with Crippen LogP contribution >= 0.6 is 0 Å². The SMILES string of the molecule is Cn1c2ccccc2c2nn3c([C@H](O)[C@@H](O)[C@@H](O)CO)nnc3nc21. The largest absolute Gasteiger partial charge is 0.394 e. The van der Waals surface area contributed by atoms with Crippen LogP contribution < -0.4 is 0 Å². The summed E-state index contributed by atoms with van der Waals surface area (Å²) in [5.74, 6) is 0.0791. The van der Waals surface area contributed by atoms with Crippen molar-refractivity contribution in [1.29, 1.82) is 0 Å². The number of hydrogen-bond donors (Lipinski definition) is 4. The zero-order valence-electron chi connectivity index (χ0n) is 13.2. The van der Waals surface area contributed by atoms with Crippen LogP contribution in [-0.4, -0.2) is 68.6 Å². The molecule has 3 heterocycles. The first kappa shape index (κ1) is 15.8. The first-order valence-electron chi connectivity index (χ1n) is 7.64. The van der Waals surface area contributed by atoms with Crippen LogP contribution in [0.4, 0.5) is 0 Å². The van der Waals surface area contributed by atoms with E-state index in [2.05, 4.69) is 20.3 Å². The Morgan fingerprint density at radius 1 is 1.12 bits per heavy atom. The van der Waals surface area contributed by atoms with Crippen LogP contribution in [0.15, 0.2) is 24.3 Å². The van der Waals surface area contributed by atoms with Gasteiger partial charge in [0.25, 0.3) is 5.78 Å². The van der Waals surface area contributed by atoms with Crippen molar-refractivity contribution >= 4 is 27.8 Å². The Morgan fingerprint density at radius 3 is 2.64 bits per heavy atom. The molecule has 10 nitrogen and oxygen atoms in total. The van der Waals surface area contributed by atoms with Gasteiger partial charge in [-0.2, -0.15) is 14.6 Å². The van der Waals surface area contributed by atoms with Gasteiger partial charge >= 0.3 is 0 Å². The van der Waals surface area contributed by atoms with Crippen molar-refractivity contribution in [3.8, 4) is 0 Å². The molecule has 0 fully saturated rings. The van der Waals surface area contributed by atoms with E-state index in [-0.39, 0.29) is 11.6 Å². The second-order valence-electron chi connectivity index (χ2n) is 5.82. The van der Waals surface area contributed by atoms with Gasteiger partial charge in [0, 0.05) is 12.4 Å². The molecule has 3 aromatic heterocycles. The lowest BCUT2D eigenvalue weighted by molar-refractivity contribution is -0.0808. The second-order valence-corrected chi connectivity index (χ2v) is 5.82. The molecule has 130 valence electrons. The minimum Gasteiger partial charge on any atom is -0.394 e. The molecular formula is C15H16N6O4. The van der Waals surface area contributed by atoms with Gasteiger partial charge in [0.15, 0.2) is 11.5 Å². The Kier molecular flexibility index (Phi) is 3.62. The topological polar surface area (TPSA) is 142 Å². The molecule has 0 radical (unpaired) electrons. The zero-order valence-corrected chi connectivity index (χ0v) is 13.2. The molecule has 0 saturated heterocycles. The number of fused-ring (bicyclic) bond motifs is 4. The van der Waals surface area contributed by atoms with Crippen molar-refractivity contribution in [1.82, 2.24) is 29.4 Å². The standard InChI is InChI=1S/C15H16N6O4/c1-20-8-5-3-2-4-7(8)10-13(20)16-15-18-17-14(21(15)19-10)12(25)11(24)9(23)6-22/h2-5,9,11-12,22-25H,6H2,1H3/t9-,11-,12+/m0/s1. The summed E-state index contributed by atoms with van der Waals surface area (Å²) in [4.78, 5) is 4.43. The molecule has 4 rings (SSSR count). The highest BCUT2D eigenvalue weighted by atomic mass is 16.4. The maximum absolute atomic E-state index is 10.3. The molecule has 0 saturated carbocycles. The van der Waals surface area contributed by atoms with Crippen LogP contribution in [0.3, 0.4) is 0 Å². The maximum Gasteiger partial charge on any atom is 0.274 e. The molecular weight excluding hydrogens is 328 g/mol. The van der Waals surface area contributed by atoms with Gasteiger partial charge in [-0.1, -0.05) is 18.2 Å².